The largest absolute Gasteiger partial charge is 0.381 e. The molecule has 1 aromatic rings. The van der Waals surface area contributed by atoms with Crippen LogP contribution in [0.15, 0.2) is 18.2 Å². The van der Waals surface area contributed by atoms with Crippen molar-refractivity contribution in [3.05, 3.63) is 23.8 Å². The van der Waals surface area contributed by atoms with E-state index in [1.165, 1.54) is 49.0 Å². The number of anilines is 2. The van der Waals surface area contributed by atoms with Gasteiger partial charge >= 0.3 is 0 Å². The Labute approximate surface area is 110 Å². The van der Waals surface area contributed by atoms with Crippen LogP contribution in [0, 0.1) is 6.92 Å². The third kappa shape index (κ3) is 1.70. The zero-order chi connectivity index (χ0) is 12.6. The lowest BCUT2D eigenvalue weighted by molar-refractivity contribution is 0.285. The van der Waals surface area contributed by atoms with Gasteiger partial charge in [0.15, 0.2) is 0 Å². The minimum atomic E-state index is 0.383. The minimum Gasteiger partial charge on any atom is -0.381 e. The van der Waals surface area contributed by atoms with Crippen molar-refractivity contribution in [2.24, 2.45) is 0 Å². The first-order valence-corrected chi connectivity index (χ1v) is 7.38. The first-order valence-electron chi connectivity index (χ1n) is 7.38. The molecule has 18 heavy (non-hydrogen) atoms. The molecule has 0 aromatic heterocycles. The van der Waals surface area contributed by atoms with Gasteiger partial charge in [-0.25, -0.2) is 0 Å². The second kappa shape index (κ2) is 4.49. The summed E-state index contributed by atoms with van der Waals surface area (Å²) in [6.45, 7) is 6.75. The number of nitrogens with one attached hydrogen (secondary N) is 1. The summed E-state index contributed by atoms with van der Waals surface area (Å²) in [6.07, 6.45) is 6.89. The maximum atomic E-state index is 3.71. The molecular formula is C16H24N2. The van der Waals surface area contributed by atoms with Crippen molar-refractivity contribution in [2.45, 2.75) is 51.5 Å². The molecule has 3 rings (SSSR count). The van der Waals surface area contributed by atoms with E-state index in [0.29, 0.717) is 5.54 Å². The Kier molecular flexibility index (Phi) is 2.96. The first kappa shape index (κ1) is 11.9. The second-order valence-electron chi connectivity index (χ2n) is 5.85. The van der Waals surface area contributed by atoms with Crippen molar-refractivity contribution in [1.82, 2.24) is 0 Å². The molecule has 0 atom stereocenters. The Morgan fingerprint density at radius 3 is 2.72 bits per heavy atom. The molecule has 2 heteroatoms. The predicted octanol–water partition coefficient (Wildman–Crippen LogP) is 3.95. The zero-order valence-corrected chi connectivity index (χ0v) is 11.6. The Morgan fingerprint density at radius 2 is 2.00 bits per heavy atom. The van der Waals surface area contributed by atoms with E-state index in [9.17, 15) is 0 Å². The Hall–Kier alpha value is -1.18. The highest BCUT2D eigenvalue weighted by Gasteiger charge is 2.40. The average molecular weight is 244 g/mol. The fourth-order valence-electron chi connectivity index (χ4n) is 3.87. The van der Waals surface area contributed by atoms with Crippen LogP contribution in [0.2, 0.25) is 0 Å². The van der Waals surface area contributed by atoms with Gasteiger partial charge in [0.05, 0.1) is 16.9 Å². The monoisotopic (exact) mass is 244 g/mol. The van der Waals surface area contributed by atoms with Gasteiger partial charge in [-0.2, -0.15) is 0 Å². The summed E-state index contributed by atoms with van der Waals surface area (Å²) in [6, 6.07) is 6.69. The highest BCUT2D eigenvalue weighted by atomic mass is 15.3. The number of hydrogen-bond donors (Lipinski definition) is 1. The van der Waals surface area contributed by atoms with E-state index in [-0.39, 0.29) is 0 Å². The molecule has 1 heterocycles. The molecular weight excluding hydrogens is 220 g/mol. The topological polar surface area (TPSA) is 15.3 Å². The Morgan fingerprint density at radius 1 is 1.22 bits per heavy atom. The molecule has 0 radical (unpaired) electrons. The van der Waals surface area contributed by atoms with E-state index in [2.05, 4.69) is 42.3 Å². The Balaban J connectivity index is 2.02. The average Bonchev–Trinajstić information content (AvgIpc) is 2.40. The standard InChI is InChI=1S/C16H24N2/c1-3-18-14-9-7-8-13(2)15(14)17-12-16(18)10-5-4-6-11-16/h7-9,17H,3-6,10-12H2,1-2H3. The van der Waals surface area contributed by atoms with E-state index in [0.717, 1.165) is 13.1 Å². The summed E-state index contributed by atoms with van der Waals surface area (Å²) in [5.74, 6) is 0. The Bertz CT molecular complexity index is 433. The SMILES string of the molecule is CCN1c2cccc(C)c2NCC12CCCCC2. The van der Waals surface area contributed by atoms with Crippen molar-refractivity contribution in [3.63, 3.8) is 0 Å². The van der Waals surface area contributed by atoms with Crippen LogP contribution >= 0.6 is 0 Å². The van der Waals surface area contributed by atoms with Crippen LogP contribution in [-0.2, 0) is 0 Å². The van der Waals surface area contributed by atoms with Crippen LogP contribution in [0.4, 0.5) is 11.4 Å². The van der Waals surface area contributed by atoms with E-state index in [1.54, 1.807) is 0 Å². The van der Waals surface area contributed by atoms with Gasteiger partial charge < -0.3 is 10.2 Å². The number of benzene rings is 1. The van der Waals surface area contributed by atoms with E-state index >= 15 is 0 Å². The summed E-state index contributed by atoms with van der Waals surface area (Å²) in [5.41, 5.74) is 4.53. The van der Waals surface area contributed by atoms with Crippen molar-refractivity contribution >= 4 is 11.4 Å². The van der Waals surface area contributed by atoms with Gasteiger partial charge in [-0.15, -0.1) is 0 Å². The molecule has 1 N–H and O–H groups in total. The lowest BCUT2D eigenvalue weighted by atomic mass is 9.78. The molecule has 2 aliphatic rings. The molecule has 1 fully saturated rings. The summed E-state index contributed by atoms with van der Waals surface area (Å²) >= 11 is 0. The maximum absolute atomic E-state index is 3.71. The summed E-state index contributed by atoms with van der Waals surface area (Å²) in [4.78, 5) is 2.67. The molecule has 0 unspecified atom stereocenters. The molecule has 1 spiro atoms. The number of hydrogen-bond acceptors (Lipinski definition) is 2. The number of rotatable bonds is 1. The number of fused-ring (bicyclic) bond motifs is 1. The van der Waals surface area contributed by atoms with Crippen molar-refractivity contribution in [3.8, 4) is 0 Å². The number of nitrogens with zero attached hydrogens (tertiary/aromatic N) is 1. The van der Waals surface area contributed by atoms with E-state index < -0.39 is 0 Å². The quantitative estimate of drug-likeness (QED) is 0.804. The molecule has 98 valence electrons. The number of para-hydroxylation sites is 1. The van der Waals surface area contributed by atoms with E-state index in [4.69, 9.17) is 0 Å². The highest BCUT2D eigenvalue weighted by molar-refractivity contribution is 5.76. The van der Waals surface area contributed by atoms with Gasteiger partial charge in [0, 0.05) is 13.1 Å². The van der Waals surface area contributed by atoms with Crippen LogP contribution in [0.5, 0.6) is 0 Å². The molecule has 1 aliphatic heterocycles. The molecule has 0 saturated heterocycles. The minimum absolute atomic E-state index is 0.383. The van der Waals surface area contributed by atoms with Crippen molar-refractivity contribution in [2.75, 3.05) is 23.3 Å². The van der Waals surface area contributed by atoms with Crippen molar-refractivity contribution < 1.29 is 0 Å². The summed E-state index contributed by atoms with van der Waals surface area (Å²) in [5, 5.41) is 3.71. The van der Waals surface area contributed by atoms with Gasteiger partial charge in [0.2, 0.25) is 0 Å². The molecule has 1 aliphatic carbocycles. The van der Waals surface area contributed by atoms with E-state index in [1.807, 2.05) is 0 Å². The molecule has 0 amide bonds. The second-order valence-corrected chi connectivity index (χ2v) is 5.85. The van der Waals surface area contributed by atoms with Gasteiger partial charge in [-0.1, -0.05) is 31.4 Å². The number of likely N-dealkylation sites (N-methyl/N-ethyl adjacent to an activating group) is 1. The van der Waals surface area contributed by atoms with Crippen LogP contribution < -0.4 is 10.2 Å². The fourth-order valence-corrected chi connectivity index (χ4v) is 3.87. The molecule has 0 bridgehead atoms. The smallest absolute Gasteiger partial charge is 0.0609 e. The first-order chi connectivity index (χ1) is 8.77. The van der Waals surface area contributed by atoms with Gasteiger partial charge in [-0.3, -0.25) is 0 Å². The third-order valence-electron chi connectivity index (χ3n) is 4.81. The van der Waals surface area contributed by atoms with Crippen LogP contribution in [-0.4, -0.2) is 18.6 Å². The van der Waals surface area contributed by atoms with Gasteiger partial charge in [0.25, 0.3) is 0 Å². The lowest BCUT2D eigenvalue weighted by Gasteiger charge is -2.51. The normalized spacial score (nSPS) is 21.6. The van der Waals surface area contributed by atoms with Gasteiger partial charge in [0.1, 0.15) is 0 Å². The lowest BCUT2D eigenvalue weighted by Crippen LogP contribution is -2.57. The summed E-state index contributed by atoms with van der Waals surface area (Å²) < 4.78 is 0. The van der Waals surface area contributed by atoms with Crippen LogP contribution in [0.3, 0.4) is 0 Å². The zero-order valence-electron chi connectivity index (χ0n) is 11.6. The molecule has 1 aromatic carbocycles. The third-order valence-corrected chi connectivity index (χ3v) is 4.81. The predicted molar refractivity (Wildman–Crippen MR) is 78.5 cm³/mol. The van der Waals surface area contributed by atoms with Crippen molar-refractivity contribution in [1.29, 1.82) is 0 Å². The molecule has 1 saturated carbocycles. The summed E-state index contributed by atoms with van der Waals surface area (Å²) in [7, 11) is 0. The number of aryl methyl sites for hydroxylation is 1. The van der Waals surface area contributed by atoms with Gasteiger partial charge in [-0.05, 0) is 38.3 Å². The fraction of sp³-hybridized carbons (Fsp3) is 0.625. The van der Waals surface area contributed by atoms with Crippen LogP contribution in [0.25, 0.3) is 0 Å². The highest BCUT2D eigenvalue weighted by Crippen LogP contribution is 2.44. The molecule has 2 nitrogen and oxygen atoms in total. The maximum Gasteiger partial charge on any atom is 0.0609 e. The van der Waals surface area contributed by atoms with Crippen LogP contribution in [0.1, 0.15) is 44.6 Å².